The molecule has 2 aromatic rings. The molecule has 2 unspecified atom stereocenters. The molecule has 1 heterocycles. The summed E-state index contributed by atoms with van der Waals surface area (Å²) in [6.07, 6.45) is 1.22. The minimum absolute atomic E-state index is 0.0140. The fourth-order valence-corrected chi connectivity index (χ4v) is 5.40. The van der Waals surface area contributed by atoms with Crippen LogP contribution in [0.3, 0.4) is 0 Å². The number of hydrogen-bond donors (Lipinski definition) is 1. The largest absolute Gasteiger partial charge is 0.353 e. The van der Waals surface area contributed by atoms with Crippen molar-refractivity contribution in [1.82, 2.24) is 14.5 Å². The number of nitrogens with zero attached hydrogens (tertiary/aromatic N) is 2. The molecule has 0 aliphatic carbocycles. The molecule has 1 amide bonds. The highest BCUT2D eigenvalue weighted by Gasteiger charge is 2.39. The van der Waals surface area contributed by atoms with Crippen molar-refractivity contribution in [3.05, 3.63) is 65.7 Å². The monoisotopic (exact) mass is 415 g/mol. The zero-order valence-corrected chi connectivity index (χ0v) is 18.0. The SMILES string of the molecule is Cc1ccc(C(CNC(=O)C2CCCN2S(=O)(=O)c2ccccc2)N(C)C)cc1. The maximum atomic E-state index is 13.0. The third-order valence-corrected chi connectivity index (χ3v) is 7.33. The first-order valence-electron chi connectivity index (χ1n) is 9.88. The standard InChI is InChI=1S/C22H29N3O3S/c1-17-11-13-18(14-12-17)21(24(2)3)16-23-22(26)20-10-7-15-25(20)29(27,28)19-8-5-4-6-9-19/h4-6,8-9,11-14,20-21H,7,10,15-16H2,1-3H3,(H,23,26). The molecule has 1 aliphatic rings. The van der Waals surface area contributed by atoms with Crippen LogP contribution < -0.4 is 5.32 Å². The molecule has 2 atom stereocenters. The van der Waals surface area contributed by atoms with Gasteiger partial charge < -0.3 is 10.2 Å². The van der Waals surface area contributed by atoms with Gasteiger partial charge in [0.15, 0.2) is 0 Å². The summed E-state index contributed by atoms with van der Waals surface area (Å²) in [4.78, 5) is 15.2. The van der Waals surface area contributed by atoms with Crippen molar-refractivity contribution in [3.8, 4) is 0 Å². The Morgan fingerprint density at radius 3 is 2.41 bits per heavy atom. The summed E-state index contributed by atoms with van der Waals surface area (Å²) in [7, 11) is 0.259. The van der Waals surface area contributed by atoms with Gasteiger partial charge >= 0.3 is 0 Å². The van der Waals surface area contributed by atoms with Gasteiger partial charge in [-0.25, -0.2) is 8.42 Å². The summed E-state index contributed by atoms with van der Waals surface area (Å²) in [5.41, 5.74) is 2.30. The second-order valence-corrected chi connectivity index (χ2v) is 9.61. The van der Waals surface area contributed by atoms with E-state index < -0.39 is 16.1 Å². The van der Waals surface area contributed by atoms with Crippen LogP contribution >= 0.6 is 0 Å². The first kappa shape index (κ1) is 21.5. The molecule has 7 heteroatoms. The molecule has 156 valence electrons. The summed E-state index contributed by atoms with van der Waals surface area (Å²) in [6, 6.07) is 15.9. The second-order valence-electron chi connectivity index (χ2n) is 7.72. The highest BCUT2D eigenvalue weighted by Crippen LogP contribution is 2.26. The maximum Gasteiger partial charge on any atom is 0.243 e. The molecule has 0 radical (unpaired) electrons. The summed E-state index contributed by atoms with van der Waals surface area (Å²) < 4.78 is 27.3. The van der Waals surface area contributed by atoms with E-state index in [9.17, 15) is 13.2 Å². The molecule has 1 saturated heterocycles. The van der Waals surface area contributed by atoms with Gasteiger partial charge in [-0.2, -0.15) is 4.31 Å². The van der Waals surface area contributed by atoms with Gasteiger partial charge in [0.05, 0.1) is 10.9 Å². The molecule has 1 fully saturated rings. The van der Waals surface area contributed by atoms with Crippen LogP contribution in [0, 0.1) is 6.92 Å². The van der Waals surface area contributed by atoms with Crippen molar-refractivity contribution in [2.75, 3.05) is 27.2 Å². The van der Waals surface area contributed by atoms with Crippen molar-refractivity contribution >= 4 is 15.9 Å². The molecule has 3 rings (SSSR count). The minimum Gasteiger partial charge on any atom is -0.353 e. The molecular weight excluding hydrogens is 386 g/mol. The lowest BCUT2D eigenvalue weighted by atomic mass is 10.0. The second kappa shape index (κ2) is 9.07. The van der Waals surface area contributed by atoms with E-state index >= 15 is 0 Å². The summed E-state index contributed by atoms with van der Waals surface area (Å²) in [5, 5.41) is 2.99. The predicted octanol–water partition coefficient (Wildman–Crippen LogP) is 2.57. The zero-order valence-electron chi connectivity index (χ0n) is 17.2. The number of aryl methyl sites for hydroxylation is 1. The lowest BCUT2D eigenvalue weighted by Crippen LogP contribution is -2.47. The summed E-state index contributed by atoms with van der Waals surface area (Å²) >= 11 is 0. The van der Waals surface area contributed by atoms with Crippen LogP contribution in [0.15, 0.2) is 59.5 Å². The number of benzene rings is 2. The van der Waals surface area contributed by atoms with E-state index in [1.54, 1.807) is 30.3 Å². The Bertz CT molecular complexity index is 928. The Balaban J connectivity index is 1.71. The van der Waals surface area contributed by atoms with E-state index in [4.69, 9.17) is 0 Å². The van der Waals surface area contributed by atoms with Crippen molar-refractivity contribution in [3.63, 3.8) is 0 Å². The van der Waals surface area contributed by atoms with E-state index in [-0.39, 0.29) is 16.8 Å². The summed E-state index contributed by atoms with van der Waals surface area (Å²) in [5.74, 6) is -0.235. The molecule has 6 nitrogen and oxygen atoms in total. The topological polar surface area (TPSA) is 69.7 Å². The van der Waals surface area contributed by atoms with Gasteiger partial charge in [-0.3, -0.25) is 4.79 Å². The number of carbonyl (C=O) groups is 1. The number of likely N-dealkylation sites (N-methyl/N-ethyl adjacent to an activating group) is 1. The molecule has 29 heavy (non-hydrogen) atoms. The number of sulfonamides is 1. The van der Waals surface area contributed by atoms with Gasteiger partial charge in [-0.1, -0.05) is 48.0 Å². The Hall–Kier alpha value is -2.22. The Morgan fingerprint density at radius 2 is 1.79 bits per heavy atom. The fourth-order valence-electron chi connectivity index (χ4n) is 3.72. The molecule has 0 spiro atoms. The first-order chi connectivity index (χ1) is 13.8. The molecule has 1 N–H and O–H groups in total. The highest BCUT2D eigenvalue weighted by atomic mass is 32.2. The highest BCUT2D eigenvalue weighted by molar-refractivity contribution is 7.89. The van der Waals surface area contributed by atoms with E-state index in [1.807, 2.05) is 21.0 Å². The fraction of sp³-hybridized carbons (Fsp3) is 0.409. The van der Waals surface area contributed by atoms with Crippen molar-refractivity contribution in [2.45, 2.75) is 36.7 Å². The normalized spacial score (nSPS) is 18.7. The smallest absolute Gasteiger partial charge is 0.243 e. The molecule has 0 bridgehead atoms. The van der Waals surface area contributed by atoms with Gasteiger partial charge in [0, 0.05) is 13.1 Å². The molecule has 1 aliphatic heterocycles. The summed E-state index contributed by atoms with van der Waals surface area (Å²) in [6.45, 7) is 2.83. The van der Waals surface area contributed by atoms with Gasteiger partial charge in [0.25, 0.3) is 0 Å². The van der Waals surface area contributed by atoms with Gasteiger partial charge in [0.2, 0.25) is 15.9 Å². The Labute approximate surface area is 173 Å². The van der Waals surface area contributed by atoms with Gasteiger partial charge in [-0.05, 0) is 51.6 Å². The number of hydrogen-bond acceptors (Lipinski definition) is 4. The van der Waals surface area contributed by atoms with E-state index in [0.29, 0.717) is 25.9 Å². The first-order valence-corrected chi connectivity index (χ1v) is 11.3. The molecule has 0 aromatic heterocycles. The van der Waals surface area contributed by atoms with Crippen molar-refractivity contribution < 1.29 is 13.2 Å². The number of amides is 1. The van der Waals surface area contributed by atoms with Crippen LogP contribution in [0.4, 0.5) is 0 Å². The zero-order chi connectivity index (χ0) is 21.0. The van der Waals surface area contributed by atoms with Crippen LogP contribution in [0.2, 0.25) is 0 Å². The maximum absolute atomic E-state index is 13.0. The van der Waals surface area contributed by atoms with E-state index in [1.165, 1.54) is 9.87 Å². The Morgan fingerprint density at radius 1 is 1.14 bits per heavy atom. The number of rotatable bonds is 7. The van der Waals surface area contributed by atoms with Gasteiger partial charge in [0.1, 0.15) is 6.04 Å². The molecular formula is C22H29N3O3S. The van der Waals surface area contributed by atoms with Crippen LogP contribution in [0.1, 0.15) is 30.0 Å². The lowest BCUT2D eigenvalue weighted by molar-refractivity contribution is -0.124. The third-order valence-electron chi connectivity index (χ3n) is 5.41. The average molecular weight is 416 g/mol. The minimum atomic E-state index is -3.68. The van der Waals surface area contributed by atoms with Crippen LogP contribution in [0.5, 0.6) is 0 Å². The number of carbonyl (C=O) groups excluding carboxylic acids is 1. The quantitative estimate of drug-likeness (QED) is 0.755. The van der Waals surface area contributed by atoms with Gasteiger partial charge in [-0.15, -0.1) is 0 Å². The van der Waals surface area contributed by atoms with Crippen LogP contribution in [-0.2, 0) is 14.8 Å². The Kier molecular flexibility index (Phi) is 6.72. The lowest BCUT2D eigenvalue weighted by Gasteiger charge is -2.27. The molecule has 0 saturated carbocycles. The average Bonchev–Trinajstić information content (AvgIpc) is 3.21. The van der Waals surface area contributed by atoms with Crippen LogP contribution in [-0.4, -0.2) is 56.8 Å². The van der Waals surface area contributed by atoms with E-state index in [0.717, 1.165) is 5.56 Å². The molecule has 2 aromatic carbocycles. The van der Waals surface area contributed by atoms with Crippen molar-refractivity contribution in [2.24, 2.45) is 0 Å². The van der Waals surface area contributed by atoms with Crippen molar-refractivity contribution in [1.29, 1.82) is 0 Å². The third kappa shape index (κ3) is 4.86. The number of nitrogens with one attached hydrogen (secondary N) is 1. The van der Waals surface area contributed by atoms with E-state index in [2.05, 4.69) is 34.5 Å². The van der Waals surface area contributed by atoms with Crippen LogP contribution in [0.25, 0.3) is 0 Å². The predicted molar refractivity (Wildman–Crippen MR) is 114 cm³/mol.